The molecule has 0 radical (unpaired) electrons. The number of hydrogen-bond acceptors (Lipinski definition) is 7. The molecule has 0 saturated heterocycles. The standard InChI is InChI=1S/C13H17N3O3S2/c1-2-21(17,18)11-12(14)16-20-13(11)15-8-9-19-10-6-4-3-5-7-10/h3-7,15H,2,8-9H2,1H3,(H2,14,16). The highest BCUT2D eigenvalue weighted by Gasteiger charge is 2.23. The van der Waals surface area contributed by atoms with Crippen LogP contribution in [0.3, 0.4) is 0 Å². The van der Waals surface area contributed by atoms with Crippen molar-refractivity contribution in [3.8, 4) is 5.75 Å². The number of nitrogens with zero attached hydrogens (tertiary/aromatic N) is 1. The monoisotopic (exact) mass is 327 g/mol. The van der Waals surface area contributed by atoms with Crippen LogP contribution in [0.15, 0.2) is 35.2 Å². The van der Waals surface area contributed by atoms with Crippen LogP contribution >= 0.6 is 11.5 Å². The number of nitrogens with one attached hydrogen (secondary N) is 1. The summed E-state index contributed by atoms with van der Waals surface area (Å²) in [6, 6.07) is 9.40. The van der Waals surface area contributed by atoms with Crippen molar-refractivity contribution < 1.29 is 13.2 Å². The van der Waals surface area contributed by atoms with E-state index in [9.17, 15) is 8.42 Å². The van der Waals surface area contributed by atoms with Gasteiger partial charge in [0.05, 0.1) is 5.75 Å². The third-order valence-corrected chi connectivity index (χ3v) is 5.51. The van der Waals surface area contributed by atoms with Crippen LogP contribution in [-0.2, 0) is 9.84 Å². The lowest BCUT2D eigenvalue weighted by Gasteiger charge is -2.08. The fourth-order valence-electron chi connectivity index (χ4n) is 1.70. The van der Waals surface area contributed by atoms with E-state index in [1.165, 1.54) is 0 Å². The number of ether oxygens (including phenoxy) is 1. The van der Waals surface area contributed by atoms with Gasteiger partial charge < -0.3 is 15.8 Å². The third-order valence-electron chi connectivity index (χ3n) is 2.76. The highest BCUT2D eigenvalue weighted by Crippen LogP contribution is 2.31. The second-order valence-corrected chi connectivity index (χ2v) is 7.21. The fourth-order valence-corrected chi connectivity index (χ4v) is 3.89. The molecule has 0 aliphatic heterocycles. The molecule has 0 unspecified atom stereocenters. The van der Waals surface area contributed by atoms with E-state index in [1.54, 1.807) is 6.92 Å². The second kappa shape index (κ2) is 6.77. The Morgan fingerprint density at radius 1 is 1.33 bits per heavy atom. The fraction of sp³-hybridized carbons (Fsp3) is 0.308. The minimum Gasteiger partial charge on any atom is -0.492 e. The molecule has 0 bridgehead atoms. The van der Waals surface area contributed by atoms with Gasteiger partial charge in [-0.2, -0.15) is 4.37 Å². The number of hydrogen-bond donors (Lipinski definition) is 2. The average Bonchev–Trinajstić information content (AvgIpc) is 2.86. The zero-order valence-corrected chi connectivity index (χ0v) is 13.2. The Kier molecular flexibility index (Phi) is 5.03. The molecule has 0 spiro atoms. The molecule has 6 nitrogen and oxygen atoms in total. The average molecular weight is 327 g/mol. The molecule has 8 heteroatoms. The molecule has 21 heavy (non-hydrogen) atoms. The topological polar surface area (TPSA) is 94.3 Å². The summed E-state index contributed by atoms with van der Waals surface area (Å²) >= 11 is 1.04. The molecule has 2 rings (SSSR count). The molecule has 0 aliphatic carbocycles. The molecule has 1 aromatic carbocycles. The summed E-state index contributed by atoms with van der Waals surface area (Å²) in [4.78, 5) is 0.0923. The number of rotatable bonds is 7. The van der Waals surface area contributed by atoms with E-state index in [0.717, 1.165) is 17.3 Å². The quantitative estimate of drug-likeness (QED) is 0.756. The highest BCUT2D eigenvalue weighted by atomic mass is 32.2. The van der Waals surface area contributed by atoms with Gasteiger partial charge in [-0.25, -0.2) is 8.42 Å². The summed E-state index contributed by atoms with van der Waals surface area (Å²) in [5, 5.41) is 3.48. The number of benzene rings is 1. The number of nitrogen functional groups attached to an aromatic ring is 1. The van der Waals surface area contributed by atoms with Gasteiger partial charge in [-0.3, -0.25) is 0 Å². The minimum absolute atomic E-state index is 0.00912. The van der Waals surface area contributed by atoms with Crippen molar-refractivity contribution in [3.63, 3.8) is 0 Å². The molecular formula is C13H17N3O3S2. The first kappa shape index (κ1) is 15.6. The first-order valence-electron chi connectivity index (χ1n) is 6.44. The van der Waals surface area contributed by atoms with Gasteiger partial charge >= 0.3 is 0 Å². The third kappa shape index (κ3) is 3.85. The van der Waals surface area contributed by atoms with E-state index < -0.39 is 9.84 Å². The zero-order chi connectivity index (χ0) is 15.3. The lowest BCUT2D eigenvalue weighted by Crippen LogP contribution is -2.14. The molecule has 1 aromatic heterocycles. The molecule has 0 amide bonds. The maximum absolute atomic E-state index is 12.0. The second-order valence-electron chi connectivity index (χ2n) is 4.22. The summed E-state index contributed by atoms with van der Waals surface area (Å²) in [7, 11) is -3.39. The van der Waals surface area contributed by atoms with Crippen LogP contribution in [0.1, 0.15) is 6.92 Å². The number of nitrogens with two attached hydrogens (primary N) is 1. The minimum atomic E-state index is -3.39. The molecule has 0 atom stereocenters. The molecule has 0 fully saturated rings. The maximum Gasteiger partial charge on any atom is 0.184 e. The van der Waals surface area contributed by atoms with E-state index in [0.29, 0.717) is 18.2 Å². The molecule has 114 valence electrons. The molecular weight excluding hydrogens is 310 g/mol. The smallest absolute Gasteiger partial charge is 0.184 e. The van der Waals surface area contributed by atoms with Crippen LogP contribution in [0.25, 0.3) is 0 Å². The zero-order valence-electron chi connectivity index (χ0n) is 11.6. The predicted molar refractivity (Wildman–Crippen MR) is 84.7 cm³/mol. The Hall–Kier alpha value is -1.80. The lowest BCUT2D eigenvalue weighted by atomic mass is 10.3. The van der Waals surface area contributed by atoms with Crippen LogP contribution in [0.4, 0.5) is 10.8 Å². The molecule has 0 aliphatic rings. The maximum atomic E-state index is 12.0. The van der Waals surface area contributed by atoms with Gasteiger partial charge in [-0.1, -0.05) is 25.1 Å². The van der Waals surface area contributed by atoms with Gasteiger partial charge in [0.2, 0.25) is 0 Å². The normalized spacial score (nSPS) is 11.3. The van der Waals surface area contributed by atoms with Crippen LogP contribution in [0.5, 0.6) is 5.75 Å². The Labute approximate surface area is 128 Å². The van der Waals surface area contributed by atoms with E-state index >= 15 is 0 Å². The number of aromatic nitrogens is 1. The van der Waals surface area contributed by atoms with Crippen LogP contribution in [-0.4, -0.2) is 31.7 Å². The van der Waals surface area contributed by atoms with Gasteiger partial charge in [0, 0.05) is 6.54 Å². The van der Waals surface area contributed by atoms with Gasteiger partial charge in [-0.15, -0.1) is 0 Å². The van der Waals surface area contributed by atoms with Crippen molar-refractivity contribution in [1.29, 1.82) is 0 Å². The van der Waals surface area contributed by atoms with Gasteiger partial charge in [-0.05, 0) is 23.7 Å². The van der Waals surface area contributed by atoms with E-state index in [2.05, 4.69) is 9.69 Å². The summed E-state index contributed by atoms with van der Waals surface area (Å²) in [5.74, 6) is 0.808. The van der Waals surface area contributed by atoms with Crippen LogP contribution in [0.2, 0.25) is 0 Å². The molecule has 1 heterocycles. The molecule has 2 aromatic rings. The predicted octanol–water partition coefficient (Wildman–Crippen LogP) is 2.01. The van der Waals surface area contributed by atoms with Crippen molar-refractivity contribution in [2.24, 2.45) is 0 Å². The molecule has 0 saturated carbocycles. The summed E-state index contributed by atoms with van der Waals surface area (Å²) < 4.78 is 33.4. The van der Waals surface area contributed by atoms with Crippen molar-refractivity contribution >= 4 is 32.2 Å². The van der Waals surface area contributed by atoms with Crippen LogP contribution < -0.4 is 15.8 Å². The number of para-hydroxylation sites is 1. The van der Waals surface area contributed by atoms with Crippen molar-refractivity contribution in [1.82, 2.24) is 4.37 Å². The van der Waals surface area contributed by atoms with Crippen molar-refractivity contribution in [3.05, 3.63) is 30.3 Å². The Balaban J connectivity index is 1.95. The Bertz CT molecular complexity index is 684. The first-order valence-corrected chi connectivity index (χ1v) is 8.86. The largest absolute Gasteiger partial charge is 0.492 e. The summed E-state index contributed by atoms with van der Waals surface area (Å²) in [6.07, 6.45) is 0. The lowest BCUT2D eigenvalue weighted by molar-refractivity contribution is 0.333. The van der Waals surface area contributed by atoms with E-state index in [1.807, 2.05) is 30.3 Å². The van der Waals surface area contributed by atoms with Crippen molar-refractivity contribution in [2.45, 2.75) is 11.8 Å². The van der Waals surface area contributed by atoms with Gasteiger partial charge in [0.1, 0.15) is 22.3 Å². The van der Waals surface area contributed by atoms with Gasteiger partial charge in [0.15, 0.2) is 15.7 Å². The Morgan fingerprint density at radius 2 is 2.05 bits per heavy atom. The first-order chi connectivity index (χ1) is 10.0. The number of anilines is 2. The van der Waals surface area contributed by atoms with E-state index in [-0.39, 0.29) is 16.5 Å². The summed E-state index contributed by atoms with van der Waals surface area (Å²) in [5.41, 5.74) is 5.65. The van der Waals surface area contributed by atoms with Crippen molar-refractivity contribution in [2.75, 3.05) is 30.0 Å². The highest BCUT2D eigenvalue weighted by molar-refractivity contribution is 7.91. The number of sulfone groups is 1. The SMILES string of the molecule is CCS(=O)(=O)c1c(N)nsc1NCCOc1ccccc1. The summed E-state index contributed by atoms with van der Waals surface area (Å²) in [6.45, 7) is 2.45. The van der Waals surface area contributed by atoms with Gasteiger partial charge in [0.25, 0.3) is 0 Å². The Morgan fingerprint density at radius 3 is 2.71 bits per heavy atom. The van der Waals surface area contributed by atoms with Crippen LogP contribution in [0, 0.1) is 0 Å². The van der Waals surface area contributed by atoms with E-state index in [4.69, 9.17) is 10.5 Å². The molecule has 3 N–H and O–H groups in total.